The molecule has 0 aliphatic rings. The van der Waals surface area contributed by atoms with Crippen molar-refractivity contribution in [3.8, 4) is 0 Å². The van der Waals surface area contributed by atoms with Crippen LogP contribution in [0.1, 0.15) is 32.8 Å². The number of benzene rings is 1. The fourth-order valence-corrected chi connectivity index (χ4v) is 1.70. The molecule has 0 aliphatic heterocycles. The Labute approximate surface area is 125 Å². The van der Waals surface area contributed by atoms with E-state index in [9.17, 15) is 9.59 Å². The molecule has 2 unspecified atom stereocenters. The van der Waals surface area contributed by atoms with Crippen LogP contribution in [0.3, 0.4) is 0 Å². The number of nitrogens with one attached hydrogen (secondary N) is 1. The van der Waals surface area contributed by atoms with Crippen molar-refractivity contribution in [2.24, 2.45) is 5.92 Å². The standard InChI is InChI=1S/C16H23NO4/c1-4-12(3)21-10-15(18)17-14-7-5-13(6-8-14)9-11(2)16(19)20/h5-8,11-12H,4,9-10H2,1-3H3,(H,17,18)(H,19,20). The smallest absolute Gasteiger partial charge is 0.306 e. The lowest BCUT2D eigenvalue weighted by Gasteiger charge is -2.11. The summed E-state index contributed by atoms with van der Waals surface area (Å²) in [5.41, 5.74) is 1.61. The van der Waals surface area contributed by atoms with Crippen molar-refractivity contribution in [1.29, 1.82) is 0 Å². The van der Waals surface area contributed by atoms with E-state index in [1.54, 1.807) is 19.1 Å². The summed E-state index contributed by atoms with van der Waals surface area (Å²) in [5, 5.41) is 11.6. The van der Waals surface area contributed by atoms with Gasteiger partial charge in [0.15, 0.2) is 0 Å². The molecule has 2 atom stereocenters. The second-order valence-electron chi connectivity index (χ2n) is 5.22. The zero-order valence-electron chi connectivity index (χ0n) is 12.8. The third-order valence-corrected chi connectivity index (χ3v) is 3.28. The molecule has 1 aromatic carbocycles. The summed E-state index contributed by atoms with van der Waals surface area (Å²) in [5.74, 6) is -1.43. The van der Waals surface area contributed by atoms with Gasteiger partial charge in [-0.2, -0.15) is 0 Å². The van der Waals surface area contributed by atoms with E-state index in [4.69, 9.17) is 9.84 Å². The molecule has 0 aromatic heterocycles. The molecule has 0 saturated heterocycles. The molecular formula is C16H23NO4. The summed E-state index contributed by atoms with van der Waals surface area (Å²) in [7, 11) is 0. The number of carboxylic acids is 1. The average molecular weight is 293 g/mol. The highest BCUT2D eigenvalue weighted by molar-refractivity contribution is 5.91. The zero-order valence-corrected chi connectivity index (χ0v) is 12.8. The molecular weight excluding hydrogens is 270 g/mol. The quantitative estimate of drug-likeness (QED) is 0.772. The van der Waals surface area contributed by atoms with E-state index in [-0.39, 0.29) is 18.6 Å². The van der Waals surface area contributed by atoms with Gasteiger partial charge in [-0.25, -0.2) is 0 Å². The number of anilines is 1. The molecule has 0 bridgehead atoms. The predicted octanol–water partition coefficient (Wildman–Crippen LogP) is 2.70. The number of ether oxygens (including phenoxy) is 1. The number of amides is 1. The lowest BCUT2D eigenvalue weighted by Crippen LogP contribution is -2.21. The number of carboxylic acid groups (broad SMARTS) is 1. The first-order chi connectivity index (χ1) is 9.92. The zero-order chi connectivity index (χ0) is 15.8. The van der Waals surface area contributed by atoms with Gasteiger partial charge in [0.1, 0.15) is 6.61 Å². The van der Waals surface area contributed by atoms with Crippen molar-refractivity contribution in [2.45, 2.75) is 39.7 Å². The van der Waals surface area contributed by atoms with E-state index in [1.165, 1.54) is 0 Å². The fourth-order valence-electron chi connectivity index (χ4n) is 1.70. The molecule has 116 valence electrons. The van der Waals surface area contributed by atoms with Gasteiger partial charge in [-0.1, -0.05) is 26.0 Å². The van der Waals surface area contributed by atoms with Gasteiger partial charge in [0, 0.05) is 5.69 Å². The Morgan fingerprint density at radius 3 is 2.38 bits per heavy atom. The summed E-state index contributed by atoms with van der Waals surface area (Å²) in [6.45, 7) is 5.63. The molecule has 0 saturated carbocycles. The highest BCUT2D eigenvalue weighted by Gasteiger charge is 2.11. The summed E-state index contributed by atoms with van der Waals surface area (Å²) in [4.78, 5) is 22.5. The van der Waals surface area contributed by atoms with Crippen LogP contribution in [0.5, 0.6) is 0 Å². The van der Waals surface area contributed by atoms with Crippen LogP contribution in [-0.2, 0) is 20.7 Å². The van der Waals surface area contributed by atoms with Gasteiger partial charge in [0.05, 0.1) is 12.0 Å². The van der Waals surface area contributed by atoms with Crippen LogP contribution in [0.4, 0.5) is 5.69 Å². The lowest BCUT2D eigenvalue weighted by molar-refractivity contribution is -0.141. The molecule has 1 aromatic rings. The summed E-state index contributed by atoms with van der Waals surface area (Å²) < 4.78 is 5.35. The van der Waals surface area contributed by atoms with Gasteiger partial charge in [-0.15, -0.1) is 0 Å². The number of aliphatic carboxylic acids is 1. The van der Waals surface area contributed by atoms with E-state index in [2.05, 4.69) is 5.32 Å². The van der Waals surface area contributed by atoms with E-state index in [0.717, 1.165) is 12.0 Å². The topological polar surface area (TPSA) is 75.6 Å². The lowest BCUT2D eigenvalue weighted by atomic mass is 10.0. The molecule has 0 heterocycles. The van der Waals surface area contributed by atoms with Crippen molar-refractivity contribution in [2.75, 3.05) is 11.9 Å². The van der Waals surface area contributed by atoms with Crippen LogP contribution >= 0.6 is 0 Å². The first kappa shape index (κ1) is 17.2. The van der Waals surface area contributed by atoms with Crippen LogP contribution in [0.2, 0.25) is 0 Å². The maximum absolute atomic E-state index is 11.7. The summed E-state index contributed by atoms with van der Waals surface area (Å²) >= 11 is 0. The van der Waals surface area contributed by atoms with E-state index < -0.39 is 11.9 Å². The second-order valence-corrected chi connectivity index (χ2v) is 5.22. The van der Waals surface area contributed by atoms with Gasteiger partial charge in [0.25, 0.3) is 0 Å². The van der Waals surface area contributed by atoms with Gasteiger partial charge < -0.3 is 15.2 Å². The number of hydrogen-bond donors (Lipinski definition) is 2. The van der Waals surface area contributed by atoms with Crippen molar-refractivity contribution < 1.29 is 19.4 Å². The van der Waals surface area contributed by atoms with Crippen LogP contribution in [0.15, 0.2) is 24.3 Å². The molecule has 0 aliphatic carbocycles. The summed E-state index contributed by atoms with van der Waals surface area (Å²) in [6, 6.07) is 7.19. The van der Waals surface area contributed by atoms with Gasteiger partial charge in [-0.3, -0.25) is 9.59 Å². The fraction of sp³-hybridized carbons (Fsp3) is 0.500. The minimum Gasteiger partial charge on any atom is -0.481 e. The number of hydrogen-bond acceptors (Lipinski definition) is 3. The molecule has 2 N–H and O–H groups in total. The van der Waals surface area contributed by atoms with Crippen molar-refractivity contribution in [1.82, 2.24) is 0 Å². The van der Waals surface area contributed by atoms with Crippen LogP contribution in [-0.4, -0.2) is 29.7 Å². The molecule has 1 rings (SSSR count). The van der Waals surface area contributed by atoms with E-state index >= 15 is 0 Å². The molecule has 0 spiro atoms. The number of carbonyl (C=O) groups is 2. The summed E-state index contributed by atoms with van der Waals surface area (Å²) in [6.07, 6.45) is 1.40. The third-order valence-electron chi connectivity index (χ3n) is 3.28. The second kappa shape index (κ2) is 8.42. The van der Waals surface area contributed by atoms with Crippen LogP contribution in [0.25, 0.3) is 0 Å². The Hall–Kier alpha value is -1.88. The molecule has 0 radical (unpaired) electrons. The first-order valence-electron chi connectivity index (χ1n) is 7.15. The number of rotatable bonds is 8. The Bertz CT molecular complexity index is 470. The van der Waals surface area contributed by atoms with Crippen molar-refractivity contribution in [3.05, 3.63) is 29.8 Å². The highest BCUT2D eigenvalue weighted by Crippen LogP contribution is 2.13. The SMILES string of the molecule is CCC(C)OCC(=O)Nc1ccc(CC(C)C(=O)O)cc1. The number of carbonyl (C=O) groups excluding carboxylic acids is 1. The maximum atomic E-state index is 11.7. The van der Waals surface area contributed by atoms with Gasteiger partial charge >= 0.3 is 5.97 Å². The Morgan fingerprint density at radius 1 is 1.24 bits per heavy atom. The monoisotopic (exact) mass is 293 g/mol. The molecule has 1 amide bonds. The van der Waals surface area contributed by atoms with E-state index in [1.807, 2.05) is 26.0 Å². The minimum atomic E-state index is -0.811. The molecule has 5 nitrogen and oxygen atoms in total. The van der Waals surface area contributed by atoms with Crippen LogP contribution in [0, 0.1) is 5.92 Å². The van der Waals surface area contributed by atoms with Crippen LogP contribution < -0.4 is 5.32 Å². The molecule has 5 heteroatoms. The minimum absolute atomic E-state index is 0.0345. The van der Waals surface area contributed by atoms with Gasteiger partial charge in [0.2, 0.25) is 5.91 Å². The first-order valence-corrected chi connectivity index (χ1v) is 7.15. The largest absolute Gasteiger partial charge is 0.481 e. The highest BCUT2D eigenvalue weighted by atomic mass is 16.5. The van der Waals surface area contributed by atoms with Gasteiger partial charge in [-0.05, 0) is 37.5 Å². The van der Waals surface area contributed by atoms with Crippen molar-refractivity contribution >= 4 is 17.6 Å². The Morgan fingerprint density at radius 2 is 1.86 bits per heavy atom. The molecule has 21 heavy (non-hydrogen) atoms. The molecule has 0 fully saturated rings. The Kier molecular flexibility index (Phi) is 6.88. The van der Waals surface area contributed by atoms with E-state index in [0.29, 0.717) is 12.1 Å². The average Bonchev–Trinajstić information content (AvgIpc) is 2.46. The Balaban J connectivity index is 2.47. The predicted molar refractivity (Wildman–Crippen MR) is 81.3 cm³/mol. The maximum Gasteiger partial charge on any atom is 0.306 e. The normalized spacial score (nSPS) is 13.5. The van der Waals surface area contributed by atoms with Crippen molar-refractivity contribution in [3.63, 3.8) is 0 Å². The third kappa shape index (κ3) is 6.40.